The Morgan fingerprint density at radius 2 is 0.951 bits per heavy atom. The summed E-state index contributed by atoms with van der Waals surface area (Å²) in [6.07, 6.45) is -25.3. The molecule has 0 unspecified atom stereocenters. The fourth-order valence-corrected chi connectivity index (χ4v) is 9.97. The van der Waals surface area contributed by atoms with Gasteiger partial charge in [-0.25, -0.2) is 19.2 Å². The zero-order valence-corrected chi connectivity index (χ0v) is 45.5. The van der Waals surface area contributed by atoms with Crippen LogP contribution in [0.5, 0.6) is 0 Å². The minimum Gasteiger partial charge on any atom is -1.00 e. The molecule has 4 aromatic carbocycles. The predicted octanol–water partition coefficient (Wildman–Crippen LogP) is 10.7. The fourth-order valence-electron chi connectivity index (χ4n) is 9.97. The van der Waals surface area contributed by atoms with Crippen molar-refractivity contribution in [2.45, 2.75) is 151 Å². The molecule has 2 saturated carbocycles. The van der Waals surface area contributed by atoms with Gasteiger partial charge in [0.2, 0.25) is 0 Å². The standard InChI is InChI=1S/C28H27F6NO6.C27H31F6NO4.B.Li.H/c1-16(17-10-19(27(29,30)31)12-20(11-17)28(32,33)34)39-15-25(18-8-6-5-7-9-18)13-26(14-25)21(36)40-22(37)35(26)23(38)41-24(2,3)4;1-17(18-10-20(26(28,29)30)12-21(11-18)27(31,32)33)37-16-24(19-8-6-5-7-9-19)13-25(14-24,15-35)34-22(36)38-23(2,3)4;;;/h5-12,16H,13-15H2,1-4H3;5-12,17,35H,13-16H2,1-4H3,(H,34,36);;;/q;;;+1;-1/t16-,25?,26?;17-,24?,25?;;;/m11.../s1. The number of esters is 1. The summed E-state index contributed by atoms with van der Waals surface area (Å²) in [4.78, 5) is 51.3. The second-order valence-corrected chi connectivity index (χ2v) is 22.2. The minimum absolute atomic E-state index is 0. The third kappa shape index (κ3) is 15.9. The third-order valence-corrected chi connectivity index (χ3v) is 13.6. The van der Waals surface area contributed by atoms with E-state index in [0.29, 0.717) is 34.7 Å². The summed E-state index contributed by atoms with van der Waals surface area (Å²) in [5.74, 6) is -0.972. The van der Waals surface area contributed by atoms with Gasteiger partial charge in [-0.15, -0.1) is 0 Å². The van der Waals surface area contributed by atoms with Crippen LogP contribution in [0.3, 0.4) is 0 Å². The monoisotopic (exact) mass is 1150 g/mol. The number of imide groups is 1. The Balaban J connectivity index is 0.000000416. The van der Waals surface area contributed by atoms with Crippen LogP contribution in [0.2, 0.25) is 0 Å². The zero-order chi connectivity index (χ0) is 59.2. The van der Waals surface area contributed by atoms with Crippen molar-refractivity contribution in [3.63, 3.8) is 0 Å². The number of ether oxygens (including phenoxy) is 5. The average Bonchev–Trinajstić information content (AvgIpc) is 3.57. The van der Waals surface area contributed by atoms with Crippen LogP contribution in [0.1, 0.15) is 139 Å². The van der Waals surface area contributed by atoms with Crippen molar-refractivity contribution in [2.75, 3.05) is 19.8 Å². The summed E-state index contributed by atoms with van der Waals surface area (Å²) >= 11 is 0. The number of alkyl carbamates (subject to hydrolysis) is 1. The van der Waals surface area contributed by atoms with Gasteiger partial charge in [0.25, 0.3) is 0 Å². The van der Waals surface area contributed by atoms with Crippen molar-refractivity contribution < 1.29 is 121 Å². The second-order valence-electron chi connectivity index (χ2n) is 22.2. The molecule has 1 spiro atoms. The molecular weight excluding hydrogens is 1090 g/mol. The molecule has 2 N–H and O–H groups in total. The zero-order valence-electron chi connectivity index (χ0n) is 46.5. The van der Waals surface area contributed by atoms with E-state index in [-0.39, 0.29) is 90.9 Å². The van der Waals surface area contributed by atoms with Crippen LogP contribution >= 0.6 is 0 Å². The van der Waals surface area contributed by atoms with Gasteiger partial charge in [-0.3, -0.25) is 0 Å². The molecule has 81 heavy (non-hydrogen) atoms. The molecule has 1 heterocycles. The fraction of sp³-hybridized carbons (Fsp3) is 0.491. The van der Waals surface area contributed by atoms with E-state index in [4.69, 9.17) is 23.7 Å². The van der Waals surface area contributed by atoms with Crippen LogP contribution in [0.25, 0.3) is 0 Å². The van der Waals surface area contributed by atoms with Crippen LogP contribution < -0.4 is 24.2 Å². The van der Waals surface area contributed by atoms with Gasteiger partial charge in [0.15, 0.2) is 5.54 Å². The van der Waals surface area contributed by atoms with Crippen LogP contribution in [-0.2, 0) is 64.0 Å². The van der Waals surface area contributed by atoms with Gasteiger partial charge in [-0.05, 0) is 140 Å². The molecule has 3 radical (unpaired) electrons. The molecule has 7 rings (SSSR count). The summed E-state index contributed by atoms with van der Waals surface area (Å²) < 4.78 is 187. The number of nitrogens with one attached hydrogen (secondary N) is 1. The first-order valence-electron chi connectivity index (χ1n) is 24.5. The normalized spacial score (nSPS) is 22.8. The van der Waals surface area contributed by atoms with Crippen LogP contribution in [0.15, 0.2) is 97.1 Å². The van der Waals surface area contributed by atoms with Gasteiger partial charge in [0.05, 0.1) is 59.8 Å². The van der Waals surface area contributed by atoms with Crippen molar-refractivity contribution in [2.24, 2.45) is 0 Å². The first-order chi connectivity index (χ1) is 36.2. The Hall–Kier alpha value is -5.74. The summed E-state index contributed by atoms with van der Waals surface area (Å²) in [6.45, 7) is 11.7. The van der Waals surface area contributed by atoms with Crippen molar-refractivity contribution in [3.05, 3.63) is 142 Å². The number of hydrogen-bond acceptors (Lipinski definition) is 10. The summed E-state index contributed by atoms with van der Waals surface area (Å²) in [6, 6.07) is 20.1. The van der Waals surface area contributed by atoms with Crippen molar-refractivity contribution in [1.82, 2.24) is 10.2 Å². The molecule has 0 bridgehead atoms. The third-order valence-electron chi connectivity index (χ3n) is 13.6. The van der Waals surface area contributed by atoms with E-state index in [1.165, 1.54) is 13.8 Å². The van der Waals surface area contributed by atoms with Crippen molar-refractivity contribution >= 4 is 32.7 Å². The molecule has 4 aromatic rings. The van der Waals surface area contributed by atoms with E-state index >= 15 is 0 Å². The summed E-state index contributed by atoms with van der Waals surface area (Å²) in [5, 5.41) is 12.8. The van der Waals surface area contributed by atoms with E-state index < -0.39 is 123 Å². The number of cyclic esters (lactones) is 2. The van der Waals surface area contributed by atoms with E-state index in [9.17, 15) is 77.0 Å². The van der Waals surface area contributed by atoms with Gasteiger partial charge in [-0.1, -0.05) is 60.7 Å². The maximum Gasteiger partial charge on any atom is 1.00 e. The quantitative estimate of drug-likeness (QED) is 0.0461. The SMILES string of the molecule is C[C@@H](OCC1(c2ccccc2)CC(CO)(NC(=O)OC(C)(C)C)C1)c1cc(C(F)(F)F)cc(C(F)(F)F)c1.C[C@@H](OCC1(c2ccccc2)CC2(C1)C(=O)OC(=O)N2C(=O)OC(C)(C)C)c1cc(C(F)(F)F)cc(C(F)(F)F)c1.[B].[H-].[Li+]. The smallest absolute Gasteiger partial charge is 1.00 e. The molecule has 1 saturated heterocycles. The Morgan fingerprint density at radius 1 is 0.605 bits per heavy atom. The van der Waals surface area contributed by atoms with Crippen LogP contribution in [0.4, 0.5) is 67.1 Å². The van der Waals surface area contributed by atoms with Crippen LogP contribution in [0, 0.1) is 0 Å². The summed E-state index contributed by atoms with van der Waals surface area (Å²) in [7, 11) is 0. The van der Waals surface area contributed by atoms with E-state index in [1.807, 2.05) is 12.1 Å². The Bertz CT molecular complexity index is 2810. The van der Waals surface area contributed by atoms with Gasteiger partial charge in [0.1, 0.15) is 11.2 Å². The molecule has 1 aliphatic heterocycles. The average molecular weight is 1150 g/mol. The number of benzene rings is 4. The van der Waals surface area contributed by atoms with Gasteiger partial charge >= 0.3 is 67.8 Å². The number of hydrogen-bond donors (Lipinski definition) is 2. The number of nitrogens with zero attached hydrogens (tertiary/aromatic N) is 1. The molecule has 3 fully saturated rings. The summed E-state index contributed by atoms with van der Waals surface area (Å²) in [5.41, 5.74) is -11.3. The molecule has 437 valence electrons. The topological polar surface area (TPSA) is 150 Å². The van der Waals surface area contributed by atoms with E-state index in [2.05, 4.69) is 5.32 Å². The first kappa shape index (κ1) is 67.8. The van der Waals surface area contributed by atoms with Crippen molar-refractivity contribution in [1.29, 1.82) is 0 Å². The van der Waals surface area contributed by atoms with Gasteiger partial charge in [-0.2, -0.15) is 57.6 Å². The second kappa shape index (κ2) is 24.2. The number of carbonyl (C=O) groups excluding carboxylic acids is 4. The van der Waals surface area contributed by atoms with Gasteiger partial charge < -0.3 is 35.5 Å². The first-order valence-corrected chi connectivity index (χ1v) is 24.5. The number of alkyl halides is 12. The van der Waals surface area contributed by atoms with E-state index in [1.54, 1.807) is 90.1 Å². The Labute approximate surface area is 474 Å². The molecule has 3 aliphatic rings. The number of amides is 3. The Morgan fingerprint density at radius 3 is 1.27 bits per heavy atom. The number of aliphatic hydroxyl groups is 1. The Kier molecular flexibility index (Phi) is 20.3. The van der Waals surface area contributed by atoms with Crippen LogP contribution in [-0.4, -0.2) is 84.8 Å². The maximum absolute atomic E-state index is 13.4. The molecule has 0 aromatic heterocycles. The number of carbonyl (C=O) groups is 4. The maximum atomic E-state index is 13.4. The van der Waals surface area contributed by atoms with Gasteiger partial charge in [0, 0.05) is 19.2 Å². The van der Waals surface area contributed by atoms with E-state index in [0.717, 1.165) is 5.56 Å². The molecule has 2 aliphatic carbocycles. The minimum atomic E-state index is -5.03. The number of halogens is 12. The molecule has 26 heteroatoms. The number of aliphatic hydroxyl groups excluding tert-OH is 1. The van der Waals surface area contributed by atoms with Crippen molar-refractivity contribution in [3.8, 4) is 0 Å². The predicted molar refractivity (Wildman–Crippen MR) is 265 cm³/mol. The molecule has 12 nitrogen and oxygen atoms in total. The number of rotatable bonds is 12. The molecule has 3 amide bonds. The molecular formula is C55H59BF12LiN2O10. The largest absolute Gasteiger partial charge is 1.00 e. The molecule has 2 atom stereocenters.